The maximum atomic E-state index is 12.1. The fourth-order valence-corrected chi connectivity index (χ4v) is 3.91. The fraction of sp³-hybridized carbons (Fsp3) is 0.944. The van der Waals surface area contributed by atoms with Gasteiger partial charge in [0.25, 0.3) is 0 Å². The van der Waals surface area contributed by atoms with Crippen molar-refractivity contribution in [2.24, 2.45) is 11.8 Å². The maximum Gasteiger partial charge on any atom is 0.307 e. The van der Waals surface area contributed by atoms with E-state index in [4.69, 9.17) is 4.74 Å². The molecule has 3 heteroatoms. The van der Waals surface area contributed by atoms with Crippen molar-refractivity contribution in [3.05, 3.63) is 0 Å². The summed E-state index contributed by atoms with van der Waals surface area (Å²) in [5.74, 6) is 1.55. The van der Waals surface area contributed by atoms with Gasteiger partial charge in [-0.05, 0) is 63.5 Å². The number of rotatable bonds is 10. The highest BCUT2D eigenvalue weighted by Crippen LogP contribution is 2.45. The third kappa shape index (κ3) is 5.28. The van der Waals surface area contributed by atoms with Crippen molar-refractivity contribution in [1.82, 2.24) is 4.90 Å². The van der Waals surface area contributed by atoms with Crippen molar-refractivity contribution in [3.8, 4) is 0 Å². The van der Waals surface area contributed by atoms with E-state index < -0.39 is 0 Å². The van der Waals surface area contributed by atoms with Gasteiger partial charge in [0.1, 0.15) is 6.10 Å². The summed E-state index contributed by atoms with van der Waals surface area (Å²) in [6, 6.07) is 0. The molecule has 2 rings (SSSR count). The van der Waals surface area contributed by atoms with Crippen LogP contribution in [0.15, 0.2) is 0 Å². The van der Waals surface area contributed by atoms with E-state index in [1.165, 1.54) is 44.9 Å². The minimum atomic E-state index is 0.0329. The van der Waals surface area contributed by atoms with E-state index >= 15 is 0 Å². The molecule has 0 heterocycles. The zero-order valence-corrected chi connectivity index (χ0v) is 14.0. The largest absolute Gasteiger partial charge is 0.462 e. The normalized spacial score (nSPS) is 27.5. The second-order valence-electron chi connectivity index (χ2n) is 7.00. The van der Waals surface area contributed by atoms with Gasteiger partial charge in [0, 0.05) is 6.54 Å². The molecule has 3 unspecified atom stereocenters. The first-order chi connectivity index (χ1) is 10.2. The number of fused-ring (bicyclic) bond motifs is 2. The van der Waals surface area contributed by atoms with E-state index in [0.717, 1.165) is 32.0 Å². The lowest BCUT2D eigenvalue weighted by Crippen LogP contribution is -2.30. The summed E-state index contributed by atoms with van der Waals surface area (Å²) in [6.07, 6.45) is 10.8. The molecule has 3 atom stereocenters. The minimum absolute atomic E-state index is 0.0329. The molecule has 0 amide bonds. The number of carbonyl (C=O) groups is 1. The van der Waals surface area contributed by atoms with Crippen LogP contribution in [0.4, 0.5) is 0 Å². The Kier molecular flexibility index (Phi) is 7.01. The van der Waals surface area contributed by atoms with Gasteiger partial charge in [-0.25, -0.2) is 0 Å². The molecule has 0 aromatic heterocycles. The SMILES string of the molecule is CCCCN(CCCC)CCC(=O)OC1CC2CCC1C2. The number of unbranched alkanes of at least 4 members (excludes halogenated alkanes) is 2. The molecule has 3 nitrogen and oxygen atoms in total. The molecule has 0 N–H and O–H groups in total. The predicted molar refractivity (Wildman–Crippen MR) is 86.2 cm³/mol. The molecule has 0 saturated heterocycles. The Morgan fingerprint density at radius 2 is 1.76 bits per heavy atom. The van der Waals surface area contributed by atoms with Crippen molar-refractivity contribution < 1.29 is 9.53 Å². The van der Waals surface area contributed by atoms with Gasteiger partial charge in [-0.15, -0.1) is 0 Å². The van der Waals surface area contributed by atoms with Gasteiger partial charge in [-0.3, -0.25) is 4.79 Å². The molecule has 2 saturated carbocycles. The van der Waals surface area contributed by atoms with Crippen LogP contribution in [0.3, 0.4) is 0 Å². The highest BCUT2D eigenvalue weighted by Gasteiger charge is 2.41. The molecule has 2 bridgehead atoms. The molecular weight excluding hydrogens is 262 g/mol. The van der Waals surface area contributed by atoms with Gasteiger partial charge < -0.3 is 9.64 Å². The van der Waals surface area contributed by atoms with Crippen molar-refractivity contribution >= 4 is 5.97 Å². The predicted octanol–water partition coefficient (Wildman–Crippen LogP) is 4.01. The molecule has 0 radical (unpaired) electrons. The Hall–Kier alpha value is -0.570. The van der Waals surface area contributed by atoms with Gasteiger partial charge in [0.15, 0.2) is 0 Å². The Morgan fingerprint density at radius 1 is 1.05 bits per heavy atom. The molecule has 2 aliphatic carbocycles. The smallest absolute Gasteiger partial charge is 0.307 e. The molecule has 21 heavy (non-hydrogen) atoms. The van der Waals surface area contributed by atoms with E-state index in [-0.39, 0.29) is 12.1 Å². The molecule has 0 spiro atoms. The van der Waals surface area contributed by atoms with Crippen LogP contribution in [0.5, 0.6) is 0 Å². The summed E-state index contributed by atoms with van der Waals surface area (Å²) in [7, 11) is 0. The molecule has 0 aliphatic heterocycles. The Labute approximate surface area is 130 Å². The molecule has 2 aliphatic rings. The standard InChI is InChI=1S/C18H33NO2/c1-3-5-10-19(11-6-4-2)12-9-18(20)21-17-14-15-7-8-16(17)13-15/h15-17H,3-14H2,1-2H3. The molecule has 0 aromatic rings. The lowest BCUT2D eigenvalue weighted by molar-refractivity contribution is -0.151. The zero-order valence-electron chi connectivity index (χ0n) is 14.0. The van der Waals surface area contributed by atoms with E-state index in [1.807, 2.05) is 0 Å². The van der Waals surface area contributed by atoms with Crippen molar-refractivity contribution in [2.75, 3.05) is 19.6 Å². The van der Waals surface area contributed by atoms with Crippen LogP contribution in [0.2, 0.25) is 0 Å². The van der Waals surface area contributed by atoms with Crippen LogP contribution in [0.1, 0.15) is 71.6 Å². The number of hydrogen-bond donors (Lipinski definition) is 0. The van der Waals surface area contributed by atoms with Gasteiger partial charge in [-0.1, -0.05) is 26.7 Å². The van der Waals surface area contributed by atoms with Crippen LogP contribution < -0.4 is 0 Å². The lowest BCUT2D eigenvalue weighted by atomic mass is 9.98. The van der Waals surface area contributed by atoms with E-state index in [1.54, 1.807) is 0 Å². The quantitative estimate of drug-likeness (QED) is 0.570. The molecule has 2 fully saturated rings. The van der Waals surface area contributed by atoms with Crippen molar-refractivity contribution in [2.45, 2.75) is 77.7 Å². The zero-order chi connectivity index (χ0) is 15.1. The number of carbonyl (C=O) groups excluding carboxylic acids is 1. The summed E-state index contributed by atoms with van der Waals surface area (Å²) >= 11 is 0. The van der Waals surface area contributed by atoms with Crippen molar-refractivity contribution in [1.29, 1.82) is 0 Å². The third-order valence-electron chi connectivity index (χ3n) is 5.24. The molecular formula is C18H33NO2. The highest BCUT2D eigenvalue weighted by atomic mass is 16.5. The van der Waals surface area contributed by atoms with Gasteiger partial charge >= 0.3 is 5.97 Å². The number of hydrogen-bond acceptors (Lipinski definition) is 3. The van der Waals surface area contributed by atoms with E-state index in [0.29, 0.717) is 12.3 Å². The Bertz CT molecular complexity index is 310. The highest BCUT2D eigenvalue weighted by molar-refractivity contribution is 5.69. The van der Waals surface area contributed by atoms with Gasteiger partial charge in [0.05, 0.1) is 6.42 Å². The third-order valence-corrected chi connectivity index (χ3v) is 5.24. The summed E-state index contributed by atoms with van der Waals surface area (Å²) in [6.45, 7) is 7.57. The Balaban J connectivity index is 1.65. The van der Waals surface area contributed by atoms with Crippen LogP contribution >= 0.6 is 0 Å². The average molecular weight is 295 g/mol. The topological polar surface area (TPSA) is 29.5 Å². The summed E-state index contributed by atoms with van der Waals surface area (Å²) in [5.41, 5.74) is 0. The van der Waals surface area contributed by atoms with Gasteiger partial charge in [0.2, 0.25) is 0 Å². The van der Waals surface area contributed by atoms with Crippen LogP contribution in [0, 0.1) is 11.8 Å². The fourth-order valence-electron chi connectivity index (χ4n) is 3.91. The first-order valence-electron chi connectivity index (χ1n) is 9.14. The van der Waals surface area contributed by atoms with E-state index in [2.05, 4.69) is 18.7 Å². The average Bonchev–Trinajstić information content (AvgIpc) is 3.09. The van der Waals surface area contributed by atoms with Crippen molar-refractivity contribution in [3.63, 3.8) is 0 Å². The summed E-state index contributed by atoms with van der Waals surface area (Å²) < 4.78 is 5.74. The second kappa shape index (κ2) is 8.77. The monoisotopic (exact) mass is 295 g/mol. The van der Waals surface area contributed by atoms with Gasteiger partial charge in [-0.2, -0.15) is 0 Å². The van der Waals surface area contributed by atoms with Crippen LogP contribution in [-0.2, 0) is 9.53 Å². The first kappa shape index (κ1) is 16.8. The maximum absolute atomic E-state index is 12.1. The molecule has 122 valence electrons. The second-order valence-corrected chi connectivity index (χ2v) is 7.00. The minimum Gasteiger partial charge on any atom is -0.462 e. The Morgan fingerprint density at radius 3 is 2.29 bits per heavy atom. The lowest BCUT2D eigenvalue weighted by Gasteiger charge is -2.24. The first-order valence-corrected chi connectivity index (χ1v) is 9.14. The summed E-state index contributed by atoms with van der Waals surface area (Å²) in [5, 5.41) is 0. The van der Waals surface area contributed by atoms with Crippen LogP contribution in [-0.4, -0.2) is 36.6 Å². The van der Waals surface area contributed by atoms with E-state index in [9.17, 15) is 4.79 Å². The number of nitrogens with zero attached hydrogens (tertiary/aromatic N) is 1. The van der Waals surface area contributed by atoms with Crippen LogP contribution in [0.25, 0.3) is 0 Å². The molecule has 0 aromatic carbocycles. The number of ether oxygens (including phenoxy) is 1. The summed E-state index contributed by atoms with van der Waals surface area (Å²) in [4.78, 5) is 14.5. The number of esters is 1.